The summed E-state index contributed by atoms with van der Waals surface area (Å²) >= 11 is 5.32. The molecule has 1 aromatic carbocycles. The molecule has 0 heterocycles. The van der Waals surface area contributed by atoms with E-state index in [9.17, 15) is 8.42 Å². The third-order valence-corrected chi connectivity index (χ3v) is 3.64. The Morgan fingerprint density at radius 3 is 2.57 bits per heavy atom. The summed E-state index contributed by atoms with van der Waals surface area (Å²) in [6.45, 7) is 0. The van der Waals surface area contributed by atoms with E-state index in [0.717, 1.165) is 4.43 Å². The predicted molar refractivity (Wildman–Crippen MR) is 66.5 cm³/mol. The fourth-order valence-electron chi connectivity index (χ4n) is 1.08. The fraction of sp³-hybridized carbons (Fsp3) is 0.250. The minimum atomic E-state index is -4.11. The molecule has 0 radical (unpaired) electrons. The van der Waals surface area contributed by atoms with Crippen molar-refractivity contribution in [2.45, 2.75) is 11.3 Å². The Morgan fingerprint density at radius 2 is 2.07 bits per heavy atom. The van der Waals surface area contributed by atoms with E-state index in [1.54, 1.807) is 12.1 Å². The van der Waals surface area contributed by atoms with Crippen LogP contribution in [0, 0.1) is 0 Å². The maximum Gasteiger partial charge on any atom is 0.294 e. The molecule has 78 valence electrons. The Kier molecular flexibility index (Phi) is 4.35. The van der Waals surface area contributed by atoms with Crippen molar-refractivity contribution in [3.63, 3.8) is 0 Å². The van der Waals surface area contributed by atoms with E-state index in [0.29, 0.717) is 16.5 Å². The van der Waals surface area contributed by atoms with Gasteiger partial charge in [-0.15, -0.1) is 0 Å². The van der Waals surface area contributed by atoms with Gasteiger partial charge in [-0.3, -0.25) is 4.55 Å². The van der Waals surface area contributed by atoms with Crippen molar-refractivity contribution in [2.75, 3.05) is 4.43 Å². The van der Waals surface area contributed by atoms with Gasteiger partial charge in [-0.05, 0) is 24.1 Å². The SMILES string of the molecule is O=S(=O)(O)c1cc(Br)ccc1CCI. The molecule has 0 atom stereocenters. The molecule has 0 amide bonds. The fourth-order valence-corrected chi connectivity index (χ4v) is 2.95. The third-order valence-electron chi connectivity index (χ3n) is 1.67. The molecule has 1 aromatic rings. The Balaban J connectivity index is 3.30. The number of benzene rings is 1. The highest BCUT2D eigenvalue weighted by Gasteiger charge is 2.14. The smallest absolute Gasteiger partial charge is 0.282 e. The standard InChI is InChI=1S/C8H8BrIO3S/c9-7-2-1-6(3-4-10)8(5-7)14(11,12)13/h1-2,5H,3-4H2,(H,11,12,13). The molecule has 0 aromatic heterocycles. The Bertz CT molecular complexity index is 430. The highest BCUT2D eigenvalue weighted by Crippen LogP contribution is 2.21. The molecular formula is C8H8BrIO3S. The molecule has 1 N–H and O–H groups in total. The zero-order valence-electron chi connectivity index (χ0n) is 7.07. The van der Waals surface area contributed by atoms with E-state index in [-0.39, 0.29) is 4.90 Å². The number of hydrogen-bond acceptors (Lipinski definition) is 2. The van der Waals surface area contributed by atoms with Gasteiger partial charge in [0, 0.05) is 8.90 Å². The molecule has 0 aliphatic heterocycles. The van der Waals surface area contributed by atoms with E-state index in [1.807, 2.05) is 0 Å². The molecule has 0 unspecified atom stereocenters. The van der Waals surface area contributed by atoms with E-state index < -0.39 is 10.1 Å². The Hall–Kier alpha value is 0.340. The molecule has 0 aliphatic carbocycles. The van der Waals surface area contributed by atoms with Gasteiger partial charge in [0.1, 0.15) is 0 Å². The van der Waals surface area contributed by atoms with Crippen molar-refractivity contribution >= 4 is 48.6 Å². The van der Waals surface area contributed by atoms with Crippen molar-refractivity contribution in [3.05, 3.63) is 28.2 Å². The van der Waals surface area contributed by atoms with Crippen LogP contribution in [0.2, 0.25) is 0 Å². The second-order valence-electron chi connectivity index (χ2n) is 2.67. The van der Waals surface area contributed by atoms with Crippen LogP contribution < -0.4 is 0 Å². The number of hydrogen-bond donors (Lipinski definition) is 1. The molecular weight excluding hydrogens is 383 g/mol. The summed E-state index contributed by atoms with van der Waals surface area (Å²) in [6, 6.07) is 4.87. The molecule has 0 saturated carbocycles. The first-order valence-electron chi connectivity index (χ1n) is 3.77. The van der Waals surface area contributed by atoms with Crippen molar-refractivity contribution in [1.29, 1.82) is 0 Å². The lowest BCUT2D eigenvalue weighted by atomic mass is 10.2. The number of rotatable bonds is 3. The van der Waals surface area contributed by atoms with Crippen LogP contribution in [-0.2, 0) is 16.5 Å². The van der Waals surface area contributed by atoms with Gasteiger partial charge in [0.2, 0.25) is 0 Å². The van der Waals surface area contributed by atoms with Gasteiger partial charge in [0.15, 0.2) is 0 Å². The molecule has 0 fully saturated rings. The van der Waals surface area contributed by atoms with Crippen molar-refractivity contribution in [1.82, 2.24) is 0 Å². The molecule has 6 heteroatoms. The Morgan fingerprint density at radius 1 is 1.43 bits per heavy atom. The maximum atomic E-state index is 11.0. The van der Waals surface area contributed by atoms with Crippen LogP contribution in [0.4, 0.5) is 0 Å². The average Bonchev–Trinajstić information content (AvgIpc) is 2.07. The summed E-state index contributed by atoms with van der Waals surface area (Å²) in [6.07, 6.45) is 0.628. The Labute approximate surface area is 105 Å². The molecule has 0 saturated heterocycles. The van der Waals surface area contributed by atoms with Crippen molar-refractivity contribution in [3.8, 4) is 0 Å². The highest BCUT2D eigenvalue weighted by atomic mass is 127. The minimum absolute atomic E-state index is 0.0106. The van der Waals surface area contributed by atoms with Gasteiger partial charge >= 0.3 is 0 Å². The van der Waals surface area contributed by atoms with Crippen LogP contribution in [0.3, 0.4) is 0 Å². The largest absolute Gasteiger partial charge is 0.294 e. The first kappa shape index (κ1) is 12.4. The zero-order valence-corrected chi connectivity index (χ0v) is 11.6. The van der Waals surface area contributed by atoms with Gasteiger partial charge < -0.3 is 0 Å². The van der Waals surface area contributed by atoms with Crippen LogP contribution in [0.1, 0.15) is 5.56 Å². The molecule has 1 rings (SSSR count). The van der Waals surface area contributed by atoms with Gasteiger partial charge in [-0.1, -0.05) is 44.6 Å². The van der Waals surface area contributed by atoms with E-state index >= 15 is 0 Å². The summed E-state index contributed by atoms with van der Waals surface area (Å²) in [4.78, 5) is -0.0106. The molecule has 14 heavy (non-hydrogen) atoms. The third kappa shape index (κ3) is 3.18. The van der Waals surface area contributed by atoms with E-state index in [2.05, 4.69) is 38.5 Å². The summed E-state index contributed by atoms with van der Waals surface area (Å²) in [7, 11) is -4.11. The molecule has 0 spiro atoms. The van der Waals surface area contributed by atoms with E-state index in [4.69, 9.17) is 4.55 Å². The maximum absolute atomic E-state index is 11.0. The zero-order chi connectivity index (χ0) is 10.8. The monoisotopic (exact) mass is 390 g/mol. The minimum Gasteiger partial charge on any atom is -0.282 e. The summed E-state index contributed by atoms with van der Waals surface area (Å²) in [5, 5.41) is 0. The summed E-state index contributed by atoms with van der Waals surface area (Å²) < 4.78 is 32.4. The summed E-state index contributed by atoms with van der Waals surface area (Å²) in [5.74, 6) is 0. The van der Waals surface area contributed by atoms with Crippen LogP contribution in [0.25, 0.3) is 0 Å². The second-order valence-corrected chi connectivity index (χ2v) is 6.05. The van der Waals surface area contributed by atoms with Gasteiger partial charge in [0.05, 0.1) is 4.90 Å². The number of aryl methyl sites for hydroxylation is 1. The van der Waals surface area contributed by atoms with Gasteiger partial charge in [0.25, 0.3) is 10.1 Å². The molecule has 3 nitrogen and oxygen atoms in total. The molecule has 0 aliphatic rings. The normalized spacial score (nSPS) is 11.6. The lowest BCUT2D eigenvalue weighted by molar-refractivity contribution is 0.482. The topological polar surface area (TPSA) is 54.4 Å². The number of alkyl halides is 1. The molecule has 0 bridgehead atoms. The number of halogens is 2. The predicted octanol–water partition coefficient (Wildman–Crippen LogP) is 2.67. The van der Waals surface area contributed by atoms with Crippen LogP contribution in [0.5, 0.6) is 0 Å². The van der Waals surface area contributed by atoms with Gasteiger partial charge in [-0.2, -0.15) is 8.42 Å². The second kappa shape index (κ2) is 4.91. The van der Waals surface area contributed by atoms with E-state index in [1.165, 1.54) is 6.07 Å². The van der Waals surface area contributed by atoms with Crippen molar-refractivity contribution in [2.24, 2.45) is 0 Å². The lowest BCUT2D eigenvalue weighted by Gasteiger charge is -2.05. The summed E-state index contributed by atoms with van der Waals surface area (Å²) in [5.41, 5.74) is 0.644. The van der Waals surface area contributed by atoms with Crippen LogP contribution in [0.15, 0.2) is 27.6 Å². The lowest BCUT2D eigenvalue weighted by Crippen LogP contribution is -2.03. The first-order valence-corrected chi connectivity index (χ1v) is 7.53. The average molecular weight is 391 g/mol. The van der Waals surface area contributed by atoms with Crippen LogP contribution >= 0.6 is 38.5 Å². The highest BCUT2D eigenvalue weighted by molar-refractivity contribution is 14.1. The van der Waals surface area contributed by atoms with Gasteiger partial charge in [-0.25, -0.2) is 0 Å². The quantitative estimate of drug-likeness (QED) is 0.490. The van der Waals surface area contributed by atoms with Crippen LogP contribution in [-0.4, -0.2) is 17.4 Å². The first-order chi connectivity index (χ1) is 6.45. The van der Waals surface area contributed by atoms with Crippen molar-refractivity contribution < 1.29 is 13.0 Å².